The maximum Gasteiger partial charge on any atom is 0.129 e. The standard InChI is InChI=1S/C27H26N2O2/c1-20-11-13-21(14-12-20)19-31-27-16-15-22-7-3-5-9-24(22)25(27)18-29-28-17-23-8-4-6-10-26(23)30-2/h3-16,18,28H,17,19H2,1-2H3/b29-18-. The minimum absolute atomic E-state index is 0.508. The summed E-state index contributed by atoms with van der Waals surface area (Å²) in [5.74, 6) is 1.65. The molecule has 0 bridgehead atoms. The second kappa shape index (κ2) is 9.81. The molecule has 0 aliphatic carbocycles. The first-order chi connectivity index (χ1) is 15.2. The maximum absolute atomic E-state index is 6.18. The number of nitrogens with one attached hydrogen (secondary N) is 1. The Hall–Kier alpha value is -3.79. The molecule has 4 nitrogen and oxygen atoms in total. The minimum atomic E-state index is 0.508. The van der Waals surface area contributed by atoms with Crippen LogP contribution in [0.15, 0.2) is 90.0 Å². The molecule has 4 heteroatoms. The average molecular weight is 411 g/mol. The molecule has 0 saturated heterocycles. The van der Waals surface area contributed by atoms with E-state index in [1.54, 1.807) is 7.11 Å². The van der Waals surface area contributed by atoms with E-state index in [9.17, 15) is 0 Å². The van der Waals surface area contributed by atoms with Crippen LogP contribution in [0.1, 0.15) is 22.3 Å². The smallest absolute Gasteiger partial charge is 0.129 e. The molecule has 0 atom stereocenters. The van der Waals surface area contributed by atoms with E-state index in [2.05, 4.69) is 59.9 Å². The van der Waals surface area contributed by atoms with Gasteiger partial charge in [-0.3, -0.25) is 0 Å². The first kappa shape index (κ1) is 20.5. The van der Waals surface area contributed by atoms with Crippen molar-refractivity contribution in [1.82, 2.24) is 5.43 Å². The number of aryl methyl sites for hydroxylation is 1. The van der Waals surface area contributed by atoms with E-state index in [0.717, 1.165) is 39.0 Å². The lowest BCUT2D eigenvalue weighted by Crippen LogP contribution is -2.07. The van der Waals surface area contributed by atoms with E-state index in [1.807, 2.05) is 48.7 Å². The lowest BCUT2D eigenvalue weighted by atomic mass is 10.0. The van der Waals surface area contributed by atoms with Crippen LogP contribution in [0, 0.1) is 6.92 Å². The van der Waals surface area contributed by atoms with Gasteiger partial charge in [-0.25, -0.2) is 0 Å². The van der Waals surface area contributed by atoms with Gasteiger partial charge in [0.15, 0.2) is 0 Å². The fourth-order valence-corrected chi connectivity index (χ4v) is 3.47. The Labute approximate surface area is 183 Å². The van der Waals surface area contributed by atoms with Crippen molar-refractivity contribution in [2.75, 3.05) is 7.11 Å². The zero-order valence-corrected chi connectivity index (χ0v) is 17.8. The SMILES string of the molecule is COc1ccccc1CN/N=C\c1c(OCc2ccc(C)cc2)ccc2ccccc12. The summed E-state index contributed by atoms with van der Waals surface area (Å²) in [6, 6.07) is 28.7. The Morgan fingerprint density at radius 2 is 1.61 bits per heavy atom. The van der Waals surface area contributed by atoms with E-state index >= 15 is 0 Å². The predicted octanol–water partition coefficient (Wildman–Crippen LogP) is 5.86. The second-order valence-electron chi connectivity index (χ2n) is 7.38. The number of hydrogen-bond acceptors (Lipinski definition) is 4. The molecule has 0 aliphatic heterocycles. The van der Waals surface area contributed by atoms with Crippen molar-refractivity contribution in [3.05, 3.63) is 107 Å². The van der Waals surface area contributed by atoms with Crippen molar-refractivity contribution in [3.8, 4) is 11.5 Å². The van der Waals surface area contributed by atoms with Gasteiger partial charge in [-0.15, -0.1) is 0 Å². The first-order valence-corrected chi connectivity index (χ1v) is 10.3. The Balaban J connectivity index is 1.54. The number of benzene rings is 4. The Morgan fingerprint density at radius 3 is 2.45 bits per heavy atom. The Bertz CT molecular complexity index is 1180. The number of fused-ring (bicyclic) bond motifs is 1. The lowest BCUT2D eigenvalue weighted by molar-refractivity contribution is 0.306. The van der Waals surface area contributed by atoms with E-state index in [0.29, 0.717) is 13.2 Å². The molecule has 156 valence electrons. The third-order valence-corrected chi connectivity index (χ3v) is 5.19. The largest absolute Gasteiger partial charge is 0.496 e. The van der Waals surface area contributed by atoms with Crippen LogP contribution < -0.4 is 14.9 Å². The number of nitrogens with zero attached hydrogens (tertiary/aromatic N) is 1. The molecule has 31 heavy (non-hydrogen) atoms. The monoisotopic (exact) mass is 410 g/mol. The van der Waals surface area contributed by atoms with Crippen LogP contribution in [-0.2, 0) is 13.2 Å². The highest BCUT2D eigenvalue weighted by Gasteiger charge is 2.08. The third-order valence-electron chi connectivity index (χ3n) is 5.19. The predicted molar refractivity (Wildman–Crippen MR) is 127 cm³/mol. The highest BCUT2D eigenvalue weighted by molar-refractivity contribution is 6.02. The van der Waals surface area contributed by atoms with Crippen LogP contribution in [0.3, 0.4) is 0 Å². The molecule has 0 spiro atoms. The Morgan fingerprint density at radius 1 is 0.839 bits per heavy atom. The normalized spacial score (nSPS) is 11.0. The van der Waals surface area contributed by atoms with Crippen LogP contribution in [0.25, 0.3) is 10.8 Å². The molecule has 4 rings (SSSR count). The Kier molecular flexibility index (Phi) is 6.48. The zero-order chi connectivity index (χ0) is 21.5. The summed E-state index contributed by atoms with van der Waals surface area (Å²) >= 11 is 0. The summed E-state index contributed by atoms with van der Waals surface area (Å²) in [7, 11) is 1.68. The molecule has 0 amide bonds. The van der Waals surface area contributed by atoms with Gasteiger partial charge in [0.25, 0.3) is 0 Å². The van der Waals surface area contributed by atoms with Crippen molar-refractivity contribution in [1.29, 1.82) is 0 Å². The van der Waals surface area contributed by atoms with Gasteiger partial charge in [0.1, 0.15) is 18.1 Å². The van der Waals surface area contributed by atoms with Gasteiger partial charge >= 0.3 is 0 Å². The van der Waals surface area contributed by atoms with Gasteiger partial charge in [-0.05, 0) is 35.4 Å². The molecule has 0 unspecified atom stereocenters. The van der Waals surface area contributed by atoms with Crippen molar-refractivity contribution in [2.24, 2.45) is 5.10 Å². The number of hydrogen-bond donors (Lipinski definition) is 1. The van der Waals surface area contributed by atoms with Gasteiger partial charge in [-0.2, -0.15) is 5.10 Å². The van der Waals surface area contributed by atoms with Crippen molar-refractivity contribution in [2.45, 2.75) is 20.1 Å². The molecule has 4 aromatic rings. The fraction of sp³-hybridized carbons (Fsp3) is 0.148. The summed E-state index contributed by atoms with van der Waals surface area (Å²) < 4.78 is 11.6. The van der Waals surface area contributed by atoms with Crippen molar-refractivity contribution >= 4 is 17.0 Å². The quantitative estimate of drug-likeness (QED) is 0.292. The lowest BCUT2D eigenvalue weighted by Gasteiger charge is -2.12. The number of rotatable bonds is 8. The number of hydrazone groups is 1. The van der Waals surface area contributed by atoms with Crippen LogP contribution in [0.5, 0.6) is 11.5 Å². The molecule has 4 aromatic carbocycles. The summed E-state index contributed by atoms with van der Waals surface area (Å²) in [5.41, 5.74) is 7.51. The van der Waals surface area contributed by atoms with Crippen molar-refractivity contribution < 1.29 is 9.47 Å². The van der Waals surface area contributed by atoms with Gasteiger partial charge in [0.05, 0.1) is 19.9 Å². The van der Waals surface area contributed by atoms with Crippen LogP contribution in [0.4, 0.5) is 0 Å². The highest BCUT2D eigenvalue weighted by atomic mass is 16.5. The van der Waals surface area contributed by atoms with E-state index in [1.165, 1.54) is 5.56 Å². The van der Waals surface area contributed by atoms with Crippen LogP contribution >= 0.6 is 0 Å². The molecule has 0 aliphatic rings. The van der Waals surface area contributed by atoms with E-state index in [4.69, 9.17) is 9.47 Å². The van der Waals surface area contributed by atoms with Gasteiger partial charge < -0.3 is 14.9 Å². The first-order valence-electron chi connectivity index (χ1n) is 10.3. The number of para-hydroxylation sites is 1. The number of methoxy groups -OCH3 is 1. The summed E-state index contributed by atoms with van der Waals surface area (Å²) in [5, 5.41) is 6.73. The third kappa shape index (κ3) is 5.04. The summed E-state index contributed by atoms with van der Waals surface area (Å²) in [6.45, 7) is 3.17. The van der Waals surface area contributed by atoms with Gasteiger partial charge in [0.2, 0.25) is 0 Å². The molecule has 0 aromatic heterocycles. The van der Waals surface area contributed by atoms with E-state index < -0.39 is 0 Å². The van der Waals surface area contributed by atoms with E-state index in [-0.39, 0.29) is 0 Å². The summed E-state index contributed by atoms with van der Waals surface area (Å²) in [6.07, 6.45) is 1.84. The van der Waals surface area contributed by atoms with Gasteiger partial charge in [-0.1, -0.05) is 78.4 Å². The minimum Gasteiger partial charge on any atom is -0.496 e. The molecular formula is C27H26N2O2. The second-order valence-corrected chi connectivity index (χ2v) is 7.38. The molecule has 0 radical (unpaired) electrons. The average Bonchev–Trinajstić information content (AvgIpc) is 2.82. The molecule has 0 heterocycles. The molecule has 0 fully saturated rings. The maximum atomic E-state index is 6.18. The van der Waals surface area contributed by atoms with Gasteiger partial charge in [0, 0.05) is 11.1 Å². The fourth-order valence-electron chi connectivity index (χ4n) is 3.47. The number of ether oxygens (including phenoxy) is 2. The van der Waals surface area contributed by atoms with Crippen LogP contribution in [0.2, 0.25) is 0 Å². The van der Waals surface area contributed by atoms with Crippen LogP contribution in [-0.4, -0.2) is 13.3 Å². The molecule has 0 saturated carbocycles. The molecular weight excluding hydrogens is 384 g/mol. The topological polar surface area (TPSA) is 42.8 Å². The zero-order valence-electron chi connectivity index (χ0n) is 17.8. The highest BCUT2D eigenvalue weighted by Crippen LogP contribution is 2.27. The summed E-state index contributed by atoms with van der Waals surface area (Å²) in [4.78, 5) is 0. The van der Waals surface area contributed by atoms with Crippen molar-refractivity contribution in [3.63, 3.8) is 0 Å². The molecule has 1 N–H and O–H groups in total.